The van der Waals surface area contributed by atoms with Crippen molar-refractivity contribution < 1.29 is 14.0 Å². The molecular weight excluding hydrogens is 306 g/mol. The summed E-state index contributed by atoms with van der Waals surface area (Å²) in [7, 11) is 0. The minimum Gasteiger partial charge on any atom is -0.467 e. The van der Waals surface area contributed by atoms with E-state index in [4.69, 9.17) is 4.42 Å². The highest BCUT2D eigenvalue weighted by atomic mass is 16.3. The summed E-state index contributed by atoms with van der Waals surface area (Å²) in [4.78, 5) is 28.5. The van der Waals surface area contributed by atoms with E-state index in [9.17, 15) is 9.59 Å². The predicted octanol–water partition coefficient (Wildman–Crippen LogP) is 1.93. The third kappa shape index (κ3) is 3.64. The molecule has 0 unspecified atom stereocenters. The average Bonchev–Trinajstić information content (AvgIpc) is 3.28. The summed E-state index contributed by atoms with van der Waals surface area (Å²) in [6.07, 6.45) is 5.88. The first-order chi connectivity index (χ1) is 11.6. The lowest BCUT2D eigenvalue weighted by molar-refractivity contribution is -0.130. The maximum atomic E-state index is 12.4. The first kappa shape index (κ1) is 17.0. The van der Waals surface area contributed by atoms with Crippen LogP contribution in [0.4, 0.5) is 0 Å². The second kappa shape index (κ2) is 7.38. The Kier molecular flexibility index (Phi) is 5.23. The molecule has 2 amide bonds. The largest absolute Gasteiger partial charge is 0.467 e. The number of rotatable bonds is 5. The van der Waals surface area contributed by atoms with Crippen LogP contribution >= 0.6 is 0 Å². The van der Waals surface area contributed by atoms with E-state index in [1.165, 1.54) is 0 Å². The number of hydrogen-bond acceptors (Lipinski definition) is 4. The van der Waals surface area contributed by atoms with Crippen LogP contribution in [0.5, 0.6) is 0 Å². The van der Waals surface area contributed by atoms with Gasteiger partial charge in [-0.25, -0.2) is 0 Å². The summed E-state index contributed by atoms with van der Waals surface area (Å²) in [6, 6.07) is 4.13. The van der Waals surface area contributed by atoms with Gasteiger partial charge in [0.15, 0.2) is 0 Å². The molecule has 0 bridgehead atoms. The average molecular weight is 333 g/mol. The predicted molar refractivity (Wildman–Crippen MR) is 90.3 cm³/mol. The lowest BCUT2D eigenvalue weighted by Gasteiger charge is -2.34. The third-order valence-electron chi connectivity index (χ3n) is 5.26. The van der Waals surface area contributed by atoms with E-state index in [2.05, 4.69) is 10.2 Å². The Morgan fingerprint density at radius 2 is 2.04 bits per heavy atom. The van der Waals surface area contributed by atoms with E-state index in [1.54, 1.807) is 13.2 Å². The number of likely N-dealkylation sites (tertiary alicyclic amines) is 2. The number of furan rings is 1. The Morgan fingerprint density at radius 3 is 2.75 bits per heavy atom. The summed E-state index contributed by atoms with van der Waals surface area (Å²) in [5.41, 5.74) is 0. The van der Waals surface area contributed by atoms with Crippen LogP contribution in [0.25, 0.3) is 0 Å². The van der Waals surface area contributed by atoms with Crippen molar-refractivity contribution in [2.24, 2.45) is 0 Å². The molecule has 1 aromatic rings. The van der Waals surface area contributed by atoms with Crippen molar-refractivity contribution in [2.45, 2.75) is 57.7 Å². The van der Waals surface area contributed by atoms with Gasteiger partial charge in [-0.3, -0.25) is 14.5 Å². The van der Waals surface area contributed by atoms with Crippen molar-refractivity contribution in [3.05, 3.63) is 24.2 Å². The van der Waals surface area contributed by atoms with Gasteiger partial charge in [0.1, 0.15) is 5.76 Å². The molecule has 0 aliphatic carbocycles. The summed E-state index contributed by atoms with van der Waals surface area (Å²) < 4.78 is 5.34. The van der Waals surface area contributed by atoms with E-state index in [1.807, 2.05) is 24.0 Å². The fraction of sp³-hybridized carbons (Fsp3) is 0.667. The van der Waals surface area contributed by atoms with Crippen LogP contribution in [0.15, 0.2) is 22.8 Å². The summed E-state index contributed by atoms with van der Waals surface area (Å²) >= 11 is 0. The Bertz CT molecular complexity index is 572. The standard InChI is InChI=1S/C18H27N3O3/c1-13(17-8-5-11-24-17)19-18(23)12-20-9-3-6-15(20)16-7-4-10-21(16)14(2)22/h5,8,11,13,15-16H,3-4,6-7,9-10,12H2,1-2H3,(H,19,23)/t13-,15+,16+/m0/s1. The molecule has 24 heavy (non-hydrogen) atoms. The van der Waals surface area contributed by atoms with E-state index in [0.717, 1.165) is 44.5 Å². The molecule has 3 heterocycles. The first-order valence-electron chi connectivity index (χ1n) is 8.90. The fourth-order valence-corrected chi connectivity index (χ4v) is 4.15. The van der Waals surface area contributed by atoms with Gasteiger partial charge in [-0.15, -0.1) is 0 Å². The summed E-state index contributed by atoms with van der Waals surface area (Å²) in [5, 5.41) is 3.00. The Morgan fingerprint density at radius 1 is 1.29 bits per heavy atom. The van der Waals surface area contributed by atoms with Crippen LogP contribution in [-0.4, -0.2) is 53.3 Å². The van der Waals surface area contributed by atoms with Crippen LogP contribution in [0.3, 0.4) is 0 Å². The van der Waals surface area contributed by atoms with E-state index in [0.29, 0.717) is 12.6 Å². The lowest BCUT2D eigenvalue weighted by Crippen LogP contribution is -2.50. The molecule has 0 saturated carbocycles. The molecule has 6 nitrogen and oxygen atoms in total. The van der Waals surface area contributed by atoms with Crippen molar-refractivity contribution in [2.75, 3.05) is 19.6 Å². The molecule has 2 aliphatic rings. The highest BCUT2D eigenvalue weighted by Crippen LogP contribution is 2.29. The van der Waals surface area contributed by atoms with Crippen LogP contribution in [0, 0.1) is 0 Å². The molecule has 0 spiro atoms. The van der Waals surface area contributed by atoms with Crippen molar-refractivity contribution in [3.8, 4) is 0 Å². The van der Waals surface area contributed by atoms with E-state index < -0.39 is 0 Å². The Balaban J connectivity index is 1.57. The van der Waals surface area contributed by atoms with Crippen LogP contribution < -0.4 is 5.32 Å². The van der Waals surface area contributed by atoms with Gasteiger partial charge in [-0.05, 0) is 51.3 Å². The second-order valence-corrected chi connectivity index (χ2v) is 6.91. The van der Waals surface area contributed by atoms with E-state index >= 15 is 0 Å². The maximum absolute atomic E-state index is 12.4. The molecule has 2 aliphatic heterocycles. The van der Waals surface area contributed by atoms with Crippen LogP contribution in [-0.2, 0) is 9.59 Å². The number of nitrogens with zero attached hydrogens (tertiary/aromatic N) is 2. The van der Waals surface area contributed by atoms with Gasteiger partial charge in [-0.2, -0.15) is 0 Å². The molecule has 0 radical (unpaired) electrons. The van der Waals surface area contributed by atoms with E-state index in [-0.39, 0.29) is 23.9 Å². The minimum atomic E-state index is -0.131. The number of carbonyl (C=O) groups excluding carboxylic acids is 2. The topological polar surface area (TPSA) is 65.8 Å². The molecule has 3 atom stereocenters. The molecular formula is C18H27N3O3. The zero-order valence-corrected chi connectivity index (χ0v) is 14.5. The minimum absolute atomic E-state index is 0.0122. The van der Waals surface area contributed by atoms with Gasteiger partial charge in [0.05, 0.1) is 18.8 Å². The highest BCUT2D eigenvalue weighted by Gasteiger charge is 2.39. The smallest absolute Gasteiger partial charge is 0.234 e. The SMILES string of the molecule is CC(=O)N1CCC[C@@H]1[C@H]1CCCN1CC(=O)N[C@@H](C)c1ccco1. The monoisotopic (exact) mass is 333 g/mol. The Labute approximate surface area is 143 Å². The second-order valence-electron chi connectivity index (χ2n) is 6.91. The number of amides is 2. The third-order valence-corrected chi connectivity index (χ3v) is 5.26. The quantitative estimate of drug-likeness (QED) is 0.894. The van der Waals surface area contributed by atoms with Gasteiger partial charge in [-0.1, -0.05) is 0 Å². The normalized spacial score (nSPS) is 25.8. The molecule has 132 valence electrons. The van der Waals surface area contributed by atoms with Gasteiger partial charge in [0, 0.05) is 25.6 Å². The van der Waals surface area contributed by atoms with Gasteiger partial charge in [0.25, 0.3) is 0 Å². The van der Waals surface area contributed by atoms with Gasteiger partial charge in [0.2, 0.25) is 11.8 Å². The molecule has 3 rings (SSSR count). The number of carbonyl (C=O) groups is 2. The highest BCUT2D eigenvalue weighted by molar-refractivity contribution is 5.78. The molecule has 1 N–H and O–H groups in total. The Hall–Kier alpha value is -1.82. The van der Waals surface area contributed by atoms with Gasteiger partial charge >= 0.3 is 0 Å². The lowest BCUT2D eigenvalue weighted by atomic mass is 10.0. The van der Waals surface area contributed by atoms with Crippen molar-refractivity contribution in [3.63, 3.8) is 0 Å². The summed E-state index contributed by atoms with van der Waals surface area (Å²) in [6.45, 7) is 5.74. The van der Waals surface area contributed by atoms with Crippen LogP contribution in [0.2, 0.25) is 0 Å². The van der Waals surface area contributed by atoms with Gasteiger partial charge < -0.3 is 14.6 Å². The molecule has 2 fully saturated rings. The first-order valence-corrected chi connectivity index (χ1v) is 8.90. The fourth-order valence-electron chi connectivity index (χ4n) is 4.15. The molecule has 6 heteroatoms. The molecule has 2 saturated heterocycles. The van der Waals surface area contributed by atoms with Crippen molar-refractivity contribution in [1.29, 1.82) is 0 Å². The zero-order valence-electron chi connectivity index (χ0n) is 14.5. The zero-order chi connectivity index (χ0) is 17.1. The summed E-state index contributed by atoms with van der Waals surface area (Å²) in [5.74, 6) is 0.929. The van der Waals surface area contributed by atoms with Crippen LogP contribution in [0.1, 0.15) is 51.3 Å². The number of hydrogen-bond donors (Lipinski definition) is 1. The van der Waals surface area contributed by atoms with Crippen molar-refractivity contribution in [1.82, 2.24) is 15.1 Å². The molecule has 1 aromatic heterocycles. The molecule has 0 aromatic carbocycles. The van der Waals surface area contributed by atoms with Crippen molar-refractivity contribution >= 4 is 11.8 Å². The maximum Gasteiger partial charge on any atom is 0.234 e. The number of nitrogens with one attached hydrogen (secondary N) is 1.